The second-order valence-electron chi connectivity index (χ2n) is 5.84. The molecule has 1 aliphatic rings. The van der Waals surface area contributed by atoms with Crippen molar-refractivity contribution >= 4 is 26.7 Å². The lowest BCUT2D eigenvalue weighted by atomic mass is 10.0. The molecule has 0 atom stereocenters. The van der Waals surface area contributed by atoms with Gasteiger partial charge >= 0.3 is 0 Å². The molecule has 0 saturated heterocycles. The molecule has 0 unspecified atom stereocenters. The van der Waals surface area contributed by atoms with E-state index < -0.39 is 10.0 Å². The van der Waals surface area contributed by atoms with Gasteiger partial charge in [0, 0.05) is 5.39 Å². The van der Waals surface area contributed by atoms with Crippen molar-refractivity contribution in [2.24, 2.45) is 0 Å². The van der Waals surface area contributed by atoms with Gasteiger partial charge in [0.1, 0.15) is 0 Å². The minimum Gasteiger partial charge on any atom is -0.356 e. The number of hydrogen-bond donors (Lipinski definition) is 1. The van der Waals surface area contributed by atoms with Gasteiger partial charge in [-0.15, -0.1) is 0 Å². The van der Waals surface area contributed by atoms with Crippen LogP contribution in [0.1, 0.15) is 43.4 Å². The maximum absolute atomic E-state index is 12.5. The molecule has 5 nitrogen and oxygen atoms in total. The van der Waals surface area contributed by atoms with Gasteiger partial charge in [-0.2, -0.15) is 0 Å². The molecule has 3 rings (SSSR count). The van der Waals surface area contributed by atoms with Crippen LogP contribution >= 0.6 is 0 Å². The van der Waals surface area contributed by atoms with Gasteiger partial charge in [0.25, 0.3) is 0 Å². The topological polar surface area (TPSA) is 72.2 Å². The van der Waals surface area contributed by atoms with Crippen LogP contribution < -0.4 is 4.72 Å². The number of rotatable bonds is 3. The third kappa shape index (κ3) is 2.77. The molecule has 1 N–H and O–H groups in total. The number of benzene rings is 1. The summed E-state index contributed by atoms with van der Waals surface area (Å²) in [7, 11) is -3.32. The Morgan fingerprint density at radius 2 is 1.90 bits per heavy atom. The van der Waals surface area contributed by atoms with Crippen molar-refractivity contribution in [3.63, 3.8) is 0 Å². The molecule has 0 aliphatic heterocycles. The zero-order valence-electron chi connectivity index (χ0n) is 12.3. The summed E-state index contributed by atoms with van der Waals surface area (Å²) in [5.41, 5.74) is 2.92. The fourth-order valence-electron chi connectivity index (χ4n) is 2.93. The van der Waals surface area contributed by atoms with Crippen LogP contribution in [0.2, 0.25) is 0 Å². The molecular weight excluding hydrogens is 288 g/mol. The van der Waals surface area contributed by atoms with Crippen molar-refractivity contribution < 1.29 is 12.9 Å². The molecule has 1 heterocycles. The summed E-state index contributed by atoms with van der Waals surface area (Å²) in [5.74, 6) is 0. The van der Waals surface area contributed by atoms with Gasteiger partial charge in [0.05, 0.1) is 16.6 Å². The average molecular weight is 308 g/mol. The van der Waals surface area contributed by atoms with Gasteiger partial charge in [-0.1, -0.05) is 24.4 Å². The first kappa shape index (κ1) is 14.4. The highest BCUT2D eigenvalue weighted by Gasteiger charge is 2.27. The average Bonchev–Trinajstić information content (AvgIpc) is 2.81. The molecule has 0 amide bonds. The maximum atomic E-state index is 12.5. The molecule has 1 aromatic carbocycles. The summed E-state index contributed by atoms with van der Waals surface area (Å²) in [6.45, 7) is 3.72. The quantitative estimate of drug-likeness (QED) is 0.941. The number of fused-ring (bicyclic) bond motifs is 1. The minimum atomic E-state index is -3.32. The standard InChI is InChI=1S/C15H20N2O3S/c1-10-8-15-13(11(2)16-20-15)9-14(10)17-21(18,19)12-6-4-3-5-7-12/h8-9,12,17H,3-7H2,1-2H3. The van der Waals surface area contributed by atoms with Crippen LogP contribution in [-0.2, 0) is 10.0 Å². The van der Waals surface area contributed by atoms with Crippen LogP contribution in [0.25, 0.3) is 11.0 Å². The first-order valence-corrected chi connectivity index (χ1v) is 8.90. The zero-order valence-corrected chi connectivity index (χ0v) is 13.2. The first-order valence-electron chi connectivity index (χ1n) is 7.35. The maximum Gasteiger partial charge on any atom is 0.235 e. The predicted molar refractivity (Wildman–Crippen MR) is 82.9 cm³/mol. The summed E-state index contributed by atoms with van der Waals surface area (Å²) in [6.07, 6.45) is 4.63. The molecule has 114 valence electrons. The van der Waals surface area contributed by atoms with E-state index in [0.29, 0.717) is 11.3 Å². The lowest BCUT2D eigenvalue weighted by Crippen LogP contribution is -2.29. The Morgan fingerprint density at radius 1 is 1.19 bits per heavy atom. The number of anilines is 1. The lowest BCUT2D eigenvalue weighted by Gasteiger charge is -2.23. The summed E-state index contributed by atoms with van der Waals surface area (Å²) in [5, 5.41) is 4.49. The molecule has 0 spiro atoms. The smallest absolute Gasteiger partial charge is 0.235 e. The molecule has 21 heavy (non-hydrogen) atoms. The van der Waals surface area contributed by atoms with E-state index in [9.17, 15) is 8.42 Å². The van der Waals surface area contributed by atoms with Crippen molar-refractivity contribution in [1.82, 2.24) is 5.16 Å². The van der Waals surface area contributed by atoms with Crippen LogP contribution in [0, 0.1) is 13.8 Å². The molecule has 1 fully saturated rings. The lowest BCUT2D eigenvalue weighted by molar-refractivity contribution is 0.450. The molecular formula is C15H20N2O3S. The van der Waals surface area contributed by atoms with E-state index in [2.05, 4.69) is 9.88 Å². The van der Waals surface area contributed by atoms with Crippen molar-refractivity contribution in [3.8, 4) is 0 Å². The van der Waals surface area contributed by atoms with Gasteiger partial charge < -0.3 is 4.52 Å². The van der Waals surface area contributed by atoms with E-state index in [1.807, 2.05) is 26.0 Å². The molecule has 1 saturated carbocycles. The van der Waals surface area contributed by atoms with Crippen molar-refractivity contribution in [2.75, 3.05) is 4.72 Å². The normalized spacial score (nSPS) is 17.2. The molecule has 0 radical (unpaired) electrons. The highest BCUT2D eigenvalue weighted by Crippen LogP contribution is 2.29. The Balaban J connectivity index is 1.93. The number of aryl methyl sites for hydroxylation is 2. The van der Waals surface area contributed by atoms with Crippen LogP contribution in [-0.4, -0.2) is 18.8 Å². The van der Waals surface area contributed by atoms with Gasteiger partial charge in [-0.3, -0.25) is 4.72 Å². The number of sulfonamides is 1. The van der Waals surface area contributed by atoms with Crippen LogP contribution in [0.15, 0.2) is 16.7 Å². The number of nitrogens with one attached hydrogen (secondary N) is 1. The fraction of sp³-hybridized carbons (Fsp3) is 0.533. The monoisotopic (exact) mass is 308 g/mol. The van der Waals surface area contributed by atoms with Crippen LogP contribution in [0.3, 0.4) is 0 Å². The van der Waals surface area contributed by atoms with Crippen molar-refractivity contribution in [3.05, 3.63) is 23.4 Å². The molecule has 6 heteroatoms. The highest BCUT2D eigenvalue weighted by atomic mass is 32.2. The second-order valence-corrected chi connectivity index (χ2v) is 7.80. The highest BCUT2D eigenvalue weighted by molar-refractivity contribution is 7.93. The minimum absolute atomic E-state index is 0.273. The second kappa shape index (κ2) is 5.33. The van der Waals surface area contributed by atoms with E-state index in [1.54, 1.807) is 0 Å². The summed E-state index contributed by atoms with van der Waals surface area (Å²) in [6, 6.07) is 3.64. The summed E-state index contributed by atoms with van der Waals surface area (Å²) >= 11 is 0. The first-order chi connectivity index (χ1) is 9.97. The largest absolute Gasteiger partial charge is 0.356 e. The Hall–Kier alpha value is -1.56. The van der Waals surface area contributed by atoms with E-state index in [-0.39, 0.29) is 5.25 Å². The Morgan fingerprint density at radius 3 is 2.62 bits per heavy atom. The van der Waals surface area contributed by atoms with E-state index in [1.165, 1.54) is 0 Å². The van der Waals surface area contributed by atoms with E-state index in [0.717, 1.165) is 48.7 Å². The third-order valence-electron chi connectivity index (χ3n) is 4.24. The summed E-state index contributed by atoms with van der Waals surface area (Å²) in [4.78, 5) is 0. The molecule has 0 bridgehead atoms. The van der Waals surface area contributed by atoms with E-state index >= 15 is 0 Å². The number of hydrogen-bond acceptors (Lipinski definition) is 4. The Bertz CT molecular complexity index is 759. The van der Waals surface area contributed by atoms with Crippen LogP contribution in [0.4, 0.5) is 5.69 Å². The number of nitrogens with zero attached hydrogens (tertiary/aromatic N) is 1. The van der Waals surface area contributed by atoms with Gasteiger partial charge in [0.15, 0.2) is 5.58 Å². The predicted octanol–water partition coefficient (Wildman–Crippen LogP) is 3.52. The SMILES string of the molecule is Cc1cc2onc(C)c2cc1NS(=O)(=O)C1CCCCC1. The van der Waals surface area contributed by atoms with Gasteiger partial charge in [0.2, 0.25) is 10.0 Å². The zero-order chi connectivity index (χ0) is 15.0. The fourth-order valence-corrected chi connectivity index (χ4v) is 4.58. The van der Waals surface area contributed by atoms with Crippen molar-refractivity contribution in [1.29, 1.82) is 0 Å². The molecule has 2 aromatic rings. The molecule has 1 aromatic heterocycles. The number of aromatic nitrogens is 1. The van der Waals surface area contributed by atoms with E-state index in [4.69, 9.17) is 4.52 Å². The Kier molecular flexibility index (Phi) is 3.65. The summed E-state index contributed by atoms with van der Waals surface area (Å²) < 4.78 is 33.0. The Labute approximate surface area is 124 Å². The van der Waals surface area contributed by atoms with Crippen molar-refractivity contribution in [2.45, 2.75) is 51.2 Å². The van der Waals surface area contributed by atoms with Gasteiger partial charge in [-0.05, 0) is 44.4 Å². The molecule has 1 aliphatic carbocycles. The van der Waals surface area contributed by atoms with Crippen LogP contribution in [0.5, 0.6) is 0 Å². The van der Waals surface area contributed by atoms with Gasteiger partial charge in [-0.25, -0.2) is 8.42 Å². The third-order valence-corrected chi connectivity index (χ3v) is 6.09.